The number of nitrogens with one attached hydrogen (secondary N) is 1. The van der Waals surface area contributed by atoms with E-state index in [4.69, 9.17) is 0 Å². The number of halogens is 1. The summed E-state index contributed by atoms with van der Waals surface area (Å²) in [5.41, 5.74) is 2.52. The SMILES string of the molecule is Cc1ccc(S(=O)(=O)Nc2c(C)cc(F)cc2C)cc1. The Labute approximate surface area is 118 Å². The molecular weight excluding hydrogens is 277 g/mol. The highest BCUT2D eigenvalue weighted by atomic mass is 32.2. The third-order valence-electron chi connectivity index (χ3n) is 3.07. The molecule has 0 fully saturated rings. The average molecular weight is 293 g/mol. The smallest absolute Gasteiger partial charge is 0.261 e. The molecule has 1 N–H and O–H groups in total. The Morgan fingerprint density at radius 1 is 0.950 bits per heavy atom. The van der Waals surface area contributed by atoms with E-state index in [1.165, 1.54) is 12.1 Å². The van der Waals surface area contributed by atoms with Crippen molar-refractivity contribution in [3.8, 4) is 0 Å². The van der Waals surface area contributed by atoms with Gasteiger partial charge in [0.15, 0.2) is 0 Å². The standard InChI is InChI=1S/C15H16FNO2S/c1-10-4-6-14(7-5-10)20(18,19)17-15-11(2)8-13(16)9-12(15)3/h4-9,17H,1-3H3. The maximum Gasteiger partial charge on any atom is 0.261 e. The largest absolute Gasteiger partial charge is 0.279 e. The zero-order valence-electron chi connectivity index (χ0n) is 11.6. The number of sulfonamides is 1. The molecule has 0 spiro atoms. The second-order valence-corrected chi connectivity index (χ2v) is 6.52. The quantitative estimate of drug-likeness (QED) is 0.940. The minimum Gasteiger partial charge on any atom is -0.279 e. The summed E-state index contributed by atoms with van der Waals surface area (Å²) >= 11 is 0. The molecule has 5 heteroatoms. The molecular formula is C15H16FNO2S. The van der Waals surface area contributed by atoms with Gasteiger partial charge in [0.05, 0.1) is 10.6 Å². The third-order valence-corrected chi connectivity index (χ3v) is 4.43. The van der Waals surface area contributed by atoms with Crippen LogP contribution in [0.15, 0.2) is 41.3 Å². The number of aryl methyl sites for hydroxylation is 3. The topological polar surface area (TPSA) is 46.2 Å². The molecule has 2 aromatic carbocycles. The first-order valence-electron chi connectivity index (χ1n) is 6.16. The van der Waals surface area contributed by atoms with Crippen LogP contribution in [0.25, 0.3) is 0 Å². The van der Waals surface area contributed by atoms with Crippen LogP contribution in [0.4, 0.5) is 10.1 Å². The monoisotopic (exact) mass is 293 g/mol. The minimum atomic E-state index is -3.66. The van der Waals surface area contributed by atoms with Crippen LogP contribution in [-0.4, -0.2) is 8.42 Å². The summed E-state index contributed by atoms with van der Waals surface area (Å²) in [7, 11) is -3.66. The Morgan fingerprint density at radius 2 is 1.45 bits per heavy atom. The van der Waals surface area contributed by atoms with Gasteiger partial charge in [-0.15, -0.1) is 0 Å². The van der Waals surface area contributed by atoms with Crippen molar-refractivity contribution in [1.82, 2.24) is 0 Å². The van der Waals surface area contributed by atoms with Crippen LogP contribution in [0, 0.1) is 26.6 Å². The van der Waals surface area contributed by atoms with Crippen LogP contribution < -0.4 is 4.72 Å². The lowest BCUT2D eigenvalue weighted by atomic mass is 10.1. The number of hydrogen-bond acceptors (Lipinski definition) is 2. The van der Waals surface area contributed by atoms with E-state index in [2.05, 4.69) is 4.72 Å². The number of anilines is 1. The van der Waals surface area contributed by atoms with E-state index >= 15 is 0 Å². The summed E-state index contributed by atoms with van der Waals surface area (Å²) < 4.78 is 40.3. The number of benzene rings is 2. The van der Waals surface area contributed by atoms with Gasteiger partial charge < -0.3 is 0 Å². The molecule has 2 aromatic rings. The van der Waals surface area contributed by atoms with Gasteiger partial charge in [0.25, 0.3) is 10.0 Å². The molecule has 0 unspecified atom stereocenters. The van der Waals surface area contributed by atoms with Gasteiger partial charge in [-0.05, 0) is 56.2 Å². The van der Waals surface area contributed by atoms with E-state index in [1.54, 1.807) is 38.1 Å². The first-order valence-corrected chi connectivity index (χ1v) is 7.64. The zero-order valence-corrected chi connectivity index (χ0v) is 12.4. The van der Waals surface area contributed by atoms with Crippen LogP contribution in [0.3, 0.4) is 0 Å². The maximum absolute atomic E-state index is 13.2. The van der Waals surface area contributed by atoms with Crippen LogP contribution in [0.2, 0.25) is 0 Å². The van der Waals surface area contributed by atoms with Crippen LogP contribution in [0.1, 0.15) is 16.7 Å². The van der Waals surface area contributed by atoms with Crippen LogP contribution in [0.5, 0.6) is 0 Å². The molecule has 0 radical (unpaired) electrons. The minimum absolute atomic E-state index is 0.186. The Bertz CT molecular complexity index is 714. The Balaban J connectivity index is 2.41. The fourth-order valence-electron chi connectivity index (χ4n) is 1.98. The van der Waals surface area contributed by atoms with Crippen molar-refractivity contribution in [2.45, 2.75) is 25.7 Å². The summed E-state index contributed by atoms with van der Waals surface area (Å²) in [5.74, 6) is -0.377. The summed E-state index contributed by atoms with van der Waals surface area (Å²) in [6, 6.07) is 9.18. The molecule has 3 nitrogen and oxygen atoms in total. The van der Waals surface area contributed by atoms with E-state index < -0.39 is 10.0 Å². The molecule has 0 aromatic heterocycles. The van der Waals surface area contributed by atoms with Gasteiger partial charge in [0.1, 0.15) is 5.82 Å². The van der Waals surface area contributed by atoms with Crippen molar-refractivity contribution in [3.63, 3.8) is 0 Å². The molecule has 2 rings (SSSR count). The molecule has 0 aliphatic carbocycles. The normalized spacial score (nSPS) is 11.4. The van der Waals surface area contributed by atoms with Gasteiger partial charge in [-0.3, -0.25) is 4.72 Å². The van der Waals surface area contributed by atoms with E-state index in [9.17, 15) is 12.8 Å². The van der Waals surface area contributed by atoms with Crippen LogP contribution >= 0.6 is 0 Å². The summed E-state index contributed by atoms with van der Waals surface area (Å²) in [4.78, 5) is 0.186. The molecule has 0 heterocycles. The maximum atomic E-state index is 13.2. The van der Waals surface area contributed by atoms with Gasteiger partial charge >= 0.3 is 0 Å². The van der Waals surface area contributed by atoms with Crippen molar-refractivity contribution in [2.75, 3.05) is 4.72 Å². The molecule has 0 aliphatic rings. The van der Waals surface area contributed by atoms with Crippen LogP contribution in [-0.2, 0) is 10.0 Å². The predicted molar refractivity (Wildman–Crippen MR) is 77.9 cm³/mol. The highest BCUT2D eigenvalue weighted by Crippen LogP contribution is 2.24. The number of rotatable bonds is 3. The molecule has 20 heavy (non-hydrogen) atoms. The zero-order chi connectivity index (χ0) is 14.9. The first kappa shape index (κ1) is 14.5. The van der Waals surface area contributed by atoms with Gasteiger partial charge in [-0.25, -0.2) is 12.8 Å². The molecule has 0 saturated heterocycles. The van der Waals surface area contributed by atoms with Gasteiger partial charge in [-0.2, -0.15) is 0 Å². The second kappa shape index (κ2) is 5.25. The Morgan fingerprint density at radius 3 is 1.95 bits per heavy atom. The molecule has 0 saturated carbocycles. The lowest BCUT2D eigenvalue weighted by Crippen LogP contribution is -2.14. The molecule has 0 aliphatic heterocycles. The second-order valence-electron chi connectivity index (χ2n) is 4.83. The highest BCUT2D eigenvalue weighted by molar-refractivity contribution is 7.92. The van der Waals surface area contributed by atoms with E-state index in [0.717, 1.165) is 5.56 Å². The van der Waals surface area contributed by atoms with E-state index in [1.807, 2.05) is 6.92 Å². The number of hydrogen-bond donors (Lipinski definition) is 1. The fraction of sp³-hybridized carbons (Fsp3) is 0.200. The average Bonchev–Trinajstić information content (AvgIpc) is 2.34. The predicted octanol–water partition coefficient (Wildman–Crippen LogP) is 3.55. The summed E-state index contributed by atoms with van der Waals surface area (Å²) in [6.07, 6.45) is 0. The summed E-state index contributed by atoms with van der Waals surface area (Å²) in [5, 5.41) is 0. The third kappa shape index (κ3) is 2.99. The van der Waals surface area contributed by atoms with Crippen molar-refractivity contribution in [2.24, 2.45) is 0 Å². The Kier molecular flexibility index (Phi) is 3.81. The molecule has 0 amide bonds. The molecule has 0 atom stereocenters. The van der Waals surface area contributed by atoms with Gasteiger partial charge in [-0.1, -0.05) is 17.7 Å². The first-order chi connectivity index (χ1) is 9.29. The van der Waals surface area contributed by atoms with Gasteiger partial charge in [0, 0.05) is 0 Å². The Hall–Kier alpha value is -1.88. The van der Waals surface area contributed by atoms with Crippen molar-refractivity contribution < 1.29 is 12.8 Å². The van der Waals surface area contributed by atoms with Crippen molar-refractivity contribution >= 4 is 15.7 Å². The summed E-state index contributed by atoms with van der Waals surface area (Å²) in [6.45, 7) is 5.23. The van der Waals surface area contributed by atoms with Crippen molar-refractivity contribution in [3.05, 3.63) is 58.9 Å². The molecule has 106 valence electrons. The lowest BCUT2D eigenvalue weighted by molar-refractivity contribution is 0.600. The van der Waals surface area contributed by atoms with Crippen molar-refractivity contribution in [1.29, 1.82) is 0 Å². The highest BCUT2D eigenvalue weighted by Gasteiger charge is 2.16. The van der Waals surface area contributed by atoms with Gasteiger partial charge in [0.2, 0.25) is 0 Å². The van der Waals surface area contributed by atoms with E-state index in [0.29, 0.717) is 16.8 Å². The fourth-order valence-corrected chi connectivity index (χ4v) is 3.19. The lowest BCUT2D eigenvalue weighted by Gasteiger charge is -2.13. The molecule has 0 bridgehead atoms. The van der Waals surface area contributed by atoms with E-state index in [-0.39, 0.29) is 10.7 Å².